The van der Waals surface area contributed by atoms with Crippen LogP contribution < -0.4 is 4.90 Å². The third-order valence-corrected chi connectivity index (χ3v) is 14.6. The quantitative estimate of drug-likeness (QED) is 0.162. The van der Waals surface area contributed by atoms with Gasteiger partial charge in [0.2, 0.25) is 0 Å². The predicted molar refractivity (Wildman–Crippen MR) is 280 cm³/mol. The number of rotatable bonds is 6. The Labute approximate surface area is 389 Å². The number of hydrogen-bond acceptors (Lipinski definition) is 1. The second-order valence-corrected chi connectivity index (χ2v) is 18.0. The van der Waals surface area contributed by atoms with Crippen LogP contribution in [0.5, 0.6) is 0 Å². The molecule has 312 valence electrons. The zero-order chi connectivity index (χ0) is 44.1. The fourth-order valence-corrected chi connectivity index (χ4v) is 11.7. The Hall–Kier alpha value is -8.72. The molecule has 14 rings (SSSR count). The first-order chi connectivity index (χ1) is 33.2. The largest absolute Gasteiger partial charge is 0.310 e. The van der Waals surface area contributed by atoms with E-state index in [-0.39, 0.29) is 0 Å². The summed E-state index contributed by atoms with van der Waals surface area (Å²) in [7, 11) is 0. The van der Waals surface area contributed by atoms with Gasteiger partial charge in [0.05, 0.1) is 16.4 Å². The Morgan fingerprint density at radius 3 is 1.48 bits per heavy atom. The van der Waals surface area contributed by atoms with Gasteiger partial charge in [0.15, 0.2) is 0 Å². The summed E-state index contributed by atoms with van der Waals surface area (Å²) in [6.45, 7) is 0. The molecular weight excluding hydrogens is 809 g/mol. The van der Waals surface area contributed by atoms with Crippen molar-refractivity contribution in [2.45, 2.75) is 5.41 Å². The molecule has 2 aliphatic rings. The molecule has 0 atom stereocenters. The highest BCUT2D eigenvalue weighted by molar-refractivity contribution is 6.10. The molecule has 0 fully saturated rings. The minimum absolute atomic E-state index is 0.433. The molecule has 0 unspecified atom stereocenters. The predicted octanol–water partition coefficient (Wildman–Crippen LogP) is 17.1. The van der Waals surface area contributed by atoms with E-state index in [2.05, 4.69) is 264 Å². The zero-order valence-corrected chi connectivity index (χ0v) is 36.6. The number of benzene rings is 11. The van der Waals surface area contributed by atoms with Crippen LogP contribution in [0.4, 0.5) is 17.1 Å². The van der Waals surface area contributed by atoms with Crippen LogP contribution in [-0.2, 0) is 5.41 Å². The van der Waals surface area contributed by atoms with E-state index in [4.69, 9.17) is 0 Å². The maximum atomic E-state index is 2.48. The van der Waals surface area contributed by atoms with Crippen LogP contribution in [0.3, 0.4) is 0 Å². The molecule has 0 saturated heterocycles. The molecule has 0 saturated carbocycles. The molecule has 12 aromatic rings. The molecule has 0 N–H and O–H groups in total. The molecule has 11 aromatic carbocycles. The normalized spacial score (nSPS) is 12.9. The fraction of sp³-hybridized carbons (Fsp3) is 0.0154. The van der Waals surface area contributed by atoms with Gasteiger partial charge in [0.25, 0.3) is 0 Å². The molecule has 1 aromatic heterocycles. The number of fused-ring (bicyclic) bond motifs is 14. The van der Waals surface area contributed by atoms with Crippen LogP contribution >= 0.6 is 0 Å². The lowest BCUT2D eigenvalue weighted by atomic mass is 9.70. The van der Waals surface area contributed by atoms with E-state index in [1.807, 2.05) is 0 Å². The smallest absolute Gasteiger partial charge is 0.0726 e. The summed E-state index contributed by atoms with van der Waals surface area (Å²) < 4.78 is 2.38. The first-order valence-electron chi connectivity index (χ1n) is 23.2. The van der Waals surface area contributed by atoms with Gasteiger partial charge in [-0.05, 0) is 150 Å². The Bertz CT molecular complexity index is 3850. The van der Waals surface area contributed by atoms with Crippen LogP contribution in [0.1, 0.15) is 22.3 Å². The topological polar surface area (TPSA) is 8.17 Å². The van der Waals surface area contributed by atoms with Crippen LogP contribution in [0, 0.1) is 0 Å². The lowest BCUT2D eigenvalue weighted by molar-refractivity contribution is 0.793. The first kappa shape index (κ1) is 37.6. The van der Waals surface area contributed by atoms with Crippen molar-refractivity contribution in [3.8, 4) is 50.2 Å². The highest BCUT2D eigenvalue weighted by atomic mass is 15.1. The Balaban J connectivity index is 0.916. The molecule has 0 amide bonds. The van der Waals surface area contributed by atoms with Gasteiger partial charge in [0, 0.05) is 33.5 Å². The molecule has 1 spiro atoms. The molecule has 1 heterocycles. The standard InChI is InChI=1S/C65H42N2/c1-3-15-43(16-4-1)44-29-33-50(34-30-44)66(52-36-37-56-55-21-9-13-25-61(55)65(62(56)42-52)59-23-11-7-19-53(59)54-20-8-12-24-60(54)65)51-35-31-46-39-45(27-28-47(46)40-51)48-32-38-64-58(41-48)57-22-10-14-26-63(57)67(64)49-17-5-2-6-18-49/h1-42H. The van der Waals surface area contributed by atoms with E-state index < -0.39 is 5.41 Å². The van der Waals surface area contributed by atoms with Crippen molar-refractivity contribution in [1.29, 1.82) is 0 Å². The summed E-state index contributed by atoms with van der Waals surface area (Å²) in [6, 6.07) is 94.3. The molecule has 0 aliphatic heterocycles. The minimum Gasteiger partial charge on any atom is -0.310 e. The van der Waals surface area contributed by atoms with Crippen LogP contribution in [0.2, 0.25) is 0 Å². The maximum absolute atomic E-state index is 2.48. The Morgan fingerprint density at radius 2 is 0.761 bits per heavy atom. The van der Waals surface area contributed by atoms with Crippen LogP contribution in [0.25, 0.3) is 82.8 Å². The van der Waals surface area contributed by atoms with Gasteiger partial charge in [-0.3, -0.25) is 0 Å². The number of aromatic nitrogens is 1. The van der Waals surface area contributed by atoms with Crippen LogP contribution in [-0.4, -0.2) is 4.57 Å². The van der Waals surface area contributed by atoms with E-state index in [0.717, 1.165) is 17.1 Å². The lowest BCUT2D eigenvalue weighted by Gasteiger charge is -2.32. The highest BCUT2D eigenvalue weighted by Crippen LogP contribution is 2.63. The van der Waals surface area contributed by atoms with Crippen molar-refractivity contribution >= 4 is 49.6 Å². The zero-order valence-electron chi connectivity index (χ0n) is 36.6. The van der Waals surface area contributed by atoms with Gasteiger partial charge in [-0.15, -0.1) is 0 Å². The van der Waals surface area contributed by atoms with Crippen molar-refractivity contribution in [3.05, 3.63) is 277 Å². The third kappa shape index (κ3) is 5.57. The fourth-order valence-electron chi connectivity index (χ4n) is 11.7. The van der Waals surface area contributed by atoms with Crippen molar-refractivity contribution in [2.24, 2.45) is 0 Å². The van der Waals surface area contributed by atoms with E-state index in [1.165, 1.54) is 105 Å². The summed E-state index contributed by atoms with van der Waals surface area (Å²) in [5.74, 6) is 0. The average molecular weight is 851 g/mol. The van der Waals surface area contributed by atoms with E-state index in [1.54, 1.807) is 0 Å². The van der Waals surface area contributed by atoms with Crippen LogP contribution in [0.15, 0.2) is 255 Å². The lowest BCUT2D eigenvalue weighted by Crippen LogP contribution is -2.26. The summed E-state index contributed by atoms with van der Waals surface area (Å²) in [6.07, 6.45) is 0. The first-order valence-corrected chi connectivity index (χ1v) is 23.2. The van der Waals surface area contributed by atoms with Crippen molar-refractivity contribution in [1.82, 2.24) is 4.57 Å². The summed E-state index contributed by atoms with van der Waals surface area (Å²) in [4.78, 5) is 2.45. The molecule has 2 heteroatoms. The summed E-state index contributed by atoms with van der Waals surface area (Å²) in [5, 5.41) is 4.91. The molecule has 67 heavy (non-hydrogen) atoms. The van der Waals surface area contributed by atoms with Gasteiger partial charge < -0.3 is 9.47 Å². The van der Waals surface area contributed by atoms with Crippen molar-refractivity contribution in [3.63, 3.8) is 0 Å². The average Bonchev–Trinajstić information content (AvgIpc) is 4.01. The number of para-hydroxylation sites is 2. The van der Waals surface area contributed by atoms with E-state index in [0.29, 0.717) is 0 Å². The summed E-state index contributed by atoms with van der Waals surface area (Å²) >= 11 is 0. The van der Waals surface area contributed by atoms with Gasteiger partial charge in [-0.2, -0.15) is 0 Å². The van der Waals surface area contributed by atoms with Gasteiger partial charge in [0.1, 0.15) is 0 Å². The van der Waals surface area contributed by atoms with Crippen molar-refractivity contribution in [2.75, 3.05) is 4.90 Å². The van der Waals surface area contributed by atoms with Gasteiger partial charge >= 0.3 is 0 Å². The van der Waals surface area contributed by atoms with E-state index >= 15 is 0 Å². The molecular formula is C65H42N2. The Morgan fingerprint density at radius 1 is 0.284 bits per heavy atom. The molecule has 0 radical (unpaired) electrons. The molecule has 0 bridgehead atoms. The Kier molecular flexibility index (Phi) is 8.23. The van der Waals surface area contributed by atoms with Gasteiger partial charge in [-0.25, -0.2) is 0 Å². The SMILES string of the molecule is c1ccc(-c2ccc(N(c3ccc4c(c3)C3(c5ccccc5-c5ccccc53)c3ccccc3-4)c3ccc4cc(-c5ccc6c(c5)c5ccccc5n6-c5ccccc5)ccc4c3)cc2)cc1. The molecule has 2 nitrogen and oxygen atoms in total. The van der Waals surface area contributed by atoms with Crippen molar-refractivity contribution < 1.29 is 0 Å². The number of nitrogens with zero attached hydrogens (tertiary/aromatic N) is 2. The van der Waals surface area contributed by atoms with E-state index in [9.17, 15) is 0 Å². The number of anilines is 3. The monoisotopic (exact) mass is 850 g/mol. The second-order valence-electron chi connectivity index (χ2n) is 18.0. The maximum Gasteiger partial charge on any atom is 0.0726 e. The molecule has 2 aliphatic carbocycles. The minimum atomic E-state index is -0.433. The number of hydrogen-bond donors (Lipinski definition) is 0. The second kappa shape index (κ2) is 14.7. The third-order valence-electron chi connectivity index (χ3n) is 14.6. The summed E-state index contributed by atoms with van der Waals surface area (Å²) in [5.41, 5.74) is 21.9. The van der Waals surface area contributed by atoms with Gasteiger partial charge in [-0.1, -0.05) is 182 Å². The highest BCUT2D eigenvalue weighted by Gasteiger charge is 2.51.